The van der Waals surface area contributed by atoms with E-state index in [0.717, 1.165) is 5.75 Å². The number of rotatable bonds is 3. The zero-order valence-electron chi connectivity index (χ0n) is 4.68. The maximum atomic E-state index is 10.1. The van der Waals surface area contributed by atoms with Gasteiger partial charge in [0.2, 0.25) is 0 Å². The molecule has 0 heterocycles. The van der Waals surface area contributed by atoms with E-state index in [2.05, 4.69) is 17.9 Å². The summed E-state index contributed by atoms with van der Waals surface area (Å²) in [5.41, 5.74) is 0. The first kappa shape index (κ1) is 8.17. The molecular weight excluding hydrogens is 142 g/mol. The molecule has 0 aliphatic heterocycles. The first-order valence-electron chi connectivity index (χ1n) is 2.23. The summed E-state index contributed by atoms with van der Waals surface area (Å²) in [5.74, 6) is 0.951. The fraction of sp³-hybridized carbons (Fsp3) is 0.750. The van der Waals surface area contributed by atoms with Crippen LogP contribution >= 0.6 is 24.4 Å². The monoisotopic (exact) mass is 151 g/mol. The zero-order valence-corrected chi connectivity index (χ0v) is 6.39. The highest BCUT2D eigenvalue weighted by molar-refractivity contribution is 7.98. The molecule has 0 bridgehead atoms. The van der Waals surface area contributed by atoms with Crippen molar-refractivity contribution in [2.45, 2.75) is 0 Å². The smallest absolute Gasteiger partial charge is 0.276 e. The molecular formula is C4H9NOS2. The molecule has 1 amide bonds. The molecule has 0 aromatic carbocycles. The van der Waals surface area contributed by atoms with E-state index in [4.69, 9.17) is 0 Å². The van der Waals surface area contributed by atoms with Crippen LogP contribution in [0, 0.1) is 0 Å². The molecule has 0 fully saturated rings. The maximum absolute atomic E-state index is 10.1. The Morgan fingerprint density at radius 2 is 2.50 bits per heavy atom. The van der Waals surface area contributed by atoms with Gasteiger partial charge in [0.15, 0.2) is 0 Å². The Labute approximate surface area is 58.8 Å². The molecule has 0 aliphatic carbocycles. The van der Waals surface area contributed by atoms with E-state index in [1.54, 1.807) is 11.8 Å². The molecule has 0 spiro atoms. The van der Waals surface area contributed by atoms with Crippen molar-refractivity contribution in [2.24, 2.45) is 0 Å². The number of amides is 1. The van der Waals surface area contributed by atoms with E-state index in [9.17, 15) is 4.79 Å². The molecule has 0 unspecified atom stereocenters. The minimum absolute atomic E-state index is 0.251. The largest absolute Gasteiger partial charge is 0.346 e. The van der Waals surface area contributed by atoms with Crippen molar-refractivity contribution in [2.75, 3.05) is 18.6 Å². The fourth-order valence-electron chi connectivity index (χ4n) is 0.260. The van der Waals surface area contributed by atoms with Crippen molar-refractivity contribution in [1.82, 2.24) is 5.32 Å². The number of hydrogen-bond donors (Lipinski definition) is 2. The van der Waals surface area contributed by atoms with E-state index in [1.807, 2.05) is 6.26 Å². The second-order valence-electron chi connectivity index (χ2n) is 1.22. The van der Waals surface area contributed by atoms with Crippen LogP contribution in [-0.4, -0.2) is 23.8 Å². The predicted molar refractivity (Wildman–Crippen MR) is 40.8 cm³/mol. The van der Waals surface area contributed by atoms with Crippen LogP contribution in [0.2, 0.25) is 0 Å². The first-order valence-corrected chi connectivity index (χ1v) is 4.07. The van der Waals surface area contributed by atoms with Crippen LogP contribution in [0.5, 0.6) is 0 Å². The third kappa shape index (κ3) is 6.17. The lowest BCUT2D eigenvalue weighted by Crippen LogP contribution is -2.19. The van der Waals surface area contributed by atoms with Gasteiger partial charge in [-0.3, -0.25) is 4.79 Å². The van der Waals surface area contributed by atoms with Gasteiger partial charge in [-0.1, -0.05) is 12.6 Å². The molecule has 1 N–H and O–H groups in total. The van der Waals surface area contributed by atoms with Crippen LogP contribution in [0.25, 0.3) is 0 Å². The minimum atomic E-state index is -0.251. The standard InChI is InChI=1S/C4H9NOS2/c1-8-3-2-5-4(6)7/h2-3H2,1H3,(H2,5,6,7). The number of carbonyl (C=O) groups excluding carboxylic acids is 1. The highest BCUT2D eigenvalue weighted by atomic mass is 32.2. The summed E-state index contributed by atoms with van der Waals surface area (Å²) < 4.78 is 0. The third-order valence-corrected chi connectivity index (χ3v) is 1.35. The number of thioether (sulfide) groups is 1. The topological polar surface area (TPSA) is 29.1 Å². The molecule has 8 heavy (non-hydrogen) atoms. The number of carbonyl (C=O) groups is 1. The Morgan fingerprint density at radius 3 is 2.88 bits per heavy atom. The van der Waals surface area contributed by atoms with Crippen molar-refractivity contribution < 1.29 is 4.79 Å². The van der Waals surface area contributed by atoms with Crippen molar-refractivity contribution >= 4 is 29.6 Å². The fourth-order valence-corrected chi connectivity index (χ4v) is 0.678. The average Bonchev–Trinajstić information content (AvgIpc) is 1.66. The number of thiol groups is 1. The highest BCUT2D eigenvalue weighted by Gasteiger charge is 1.87. The number of nitrogens with one attached hydrogen (secondary N) is 1. The van der Waals surface area contributed by atoms with E-state index in [1.165, 1.54) is 0 Å². The number of hydrogen-bond acceptors (Lipinski definition) is 2. The van der Waals surface area contributed by atoms with Crippen molar-refractivity contribution in [1.29, 1.82) is 0 Å². The average molecular weight is 151 g/mol. The van der Waals surface area contributed by atoms with Gasteiger partial charge in [-0.2, -0.15) is 11.8 Å². The van der Waals surface area contributed by atoms with E-state index in [-0.39, 0.29) is 5.24 Å². The zero-order chi connectivity index (χ0) is 6.41. The third-order valence-electron chi connectivity index (χ3n) is 0.582. The van der Waals surface area contributed by atoms with Gasteiger partial charge in [-0.25, -0.2) is 0 Å². The Bertz CT molecular complexity index is 76.4. The van der Waals surface area contributed by atoms with Crippen LogP contribution in [-0.2, 0) is 0 Å². The molecule has 48 valence electrons. The molecule has 0 saturated carbocycles. The SMILES string of the molecule is CSCCNC(=O)S. The summed E-state index contributed by atoms with van der Waals surface area (Å²) >= 11 is 5.21. The summed E-state index contributed by atoms with van der Waals surface area (Å²) in [6.07, 6.45) is 1.99. The van der Waals surface area contributed by atoms with E-state index < -0.39 is 0 Å². The molecule has 0 rings (SSSR count). The van der Waals surface area contributed by atoms with E-state index >= 15 is 0 Å². The van der Waals surface area contributed by atoms with Crippen LogP contribution in [0.4, 0.5) is 4.79 Å². The van der Waals surface area contributed by atoms with Gasteiger partial charge in [0.05, 0.1) is 0 Å². The van der Waals surface area contributed by atoms with Crippen molar-refractivity contribution in [3.05, 3.63) is 0 Å². The molecule has 0 aliphatic rings. The Kier molecular flexibility index (Phi) is 5.42. The van der Waals surface area contributed by atoms with Crippen LogP contribution in [0.1, 0.15) is 0 Å². The predicted octanol–water partition coefficient (Wildman–Crippen LogP) is 0.989. The molecule has 0 atom stereocenters. The van der Waals surface area contributed by atoms with Crippen LogP contribution in [0.15, 0.2) is 0 Å². The van der Waals surface area contributed by atoms with Gasteiger partial charge in [-0.15, -0.1) is 0 Å². The Balaban J connectivity index is 2.82. The lowest BCUT2D eigenvalue weighted by atomic mass is 10.8. The van der Waals surface area contributed by atoms with Crippen LogP contribution < -0.4 is 5.32 Å². The van der Waals surface area contributed by atoms with Gasteiger partial charge >= 0.3 is 0 Å². The van der Waals surface area contributed by atoms with Gasteiger partial charge in [0.25, 0.3) is 5.24 Å². The highest BCUT2D eigenvalue weighted by Crippen LogP contribution is 1.87. The van der Waals surface area contributed by atoms with Crippen molar-refractivity contribution in [3.63, 3.8) is 0 Å². The van der Waals surface area contributed by atoms with Gasteiger partial charge in [0, 0.05) is 12.3 Å². The summed E-state index contributed by atoms with van der Waals surface area (Å²) in [4.78, 5) is 10.1. The second-order valence-corrected chi connectivity index (χ2v) is 2.62. The summed E-state index contributed by atoms with van der Waals surface area (Å²) in [7, 11) is 0. The molecule has 2 nitrogen and oxygen atoms in total. The van der Waals surface area contributed by atoms with Gasteiger partial charge in [-0.05, 0) is 6.26 Å². The van der Waals surface area contributed by atoms with Gasteiger partial charge < -0.3 is 5.32 Å². The molecule has 4 heteroatoms. The Morgan fingerprint density at radius 1 is 1.88 bits per heavy atom. The molecule has 0 aromatic heterocycles. The Hall–Kier alpha value is 0.170. The van der Waals surface area contributed by atoms with Crippen molar-refractivity contribution in [3.8, 4) is 0 Å². The molecule has 0 radical (unpaired) electrons. The van der Waals surface area contributed by atoms with Gasteiger partial charge in [0.1, 0.15) is 0 Å². The summed E-state index contributed by atoms with van der Waals surface area (Å²) in [5, 5.41) is 2.30. The summed E-state index contributed by atoms with van der Waals surface area (Å²) in [6, 6.07) is 0. The van der Waals surface area contributed by atoms with Crippen LogP contribution in [0.3, 0.4) is 0 Å². The lowest BCUT2D eigenvalue weighted by Gasteiger charge is -1.95. The molecule has 0 saturated heterocycles. The summed E-state index contributed by atoms with van der Waals surface area (Å²) in [6.45, 7) is 0.712. The van der Waals surface area contributed by atoms with E-state index in [0.29, 0.717) is 6.54 Å². The normalized spacial score (nSPS) is 8.75. The molecule has 0 aromatic rings. The lowest BCUT2D eigenvalue weighted by molar-refractivity contribution is 0.261. The quantitative estimate of drug-likeness (QED) is 0.465. The second kappa shape index (κ2) is 5.31. The maximum Gasteiger partial charge on any atom is 0.276 e. The minimum Gasteiger partial charge on any atom is -0.346 e. The first-order chi connectivity index (χ1) is 3.77.